The van der Waals surface area contributed by atoms with Gasteiger partial charge in [0.1, 0.15) is 5.82 Å². The summed E-state index contributed by atoms with van der Waals surface area (Å²) in [4.78, 5) is 11.4. The Morgan fingerprint density at radius 2 is 2.00 bits per heavy atom. The van der Waals surface area contributed by atoms with E-state index in [0.29, 0.717) is 18.2 Å². The van der Waals surface area contributed by atoms with Crippen LogP contribution in [0.1, 0.15) is 20.3 Å². The lowest BCUT2D eigenvalue weighted by Gasteiger charge is -2.07. The summed E-state index contributed by atoms with van der Waals surface area (Å²) < 4.78 is 4.94. The zero-order valence-corrected chi connectivity index (χ0v) is 11.1. The highest BCUT2D eigenvalue weighted by Crippen LogP contribution is 2.07. The number of carbonyl (C=O) groups is 1. The first kappa shape index (κ1) is 14.4. The highest BCUT2D eigenvalue weighted by Gasteiger charge is 2.07. The number of aromatic nitrogens is 2. The molecule has 0 spiro atoms. The predicted molar refractivity (Wildman–Crippen MR) is 70.5 cm³/mol. The zero-order chi connectivity index (χ0) is 13.4. The third kappa shape index (κ3) is 5.09. The number of nitrogens with one attached hydrogen (secondary N) is 2. The lowest BCUT2D eigenvalue weighted by atomic mass is 10.2. The fraction of sp³-hybridized carbons (Fsp3) is 0.583. The standard InChI is InChI=1S/C12H20N4O2/c1-9(2)12(17)14-11-6-5-10(15-16-11)13-7-4-8-18-3/h5-6,9H,4,7-8H2,1-3H3,(H,13,15)(H,14,16,17). The first-order valence-electron chi connectivity index (χ1n) is 6.01. The van der Waals surface area contributed by atoms with Gasteiger partial charge in [-0.15, -0.1) is 10.2 Å². The van der Waals surface area contributed by atoms with Gasteiger partial charge in [-0.25, -0.2) is 0 Å². The number of hydrogen-bond donors (Lipinski definition) is 2. The van der Waals surface area contributed by atoms with Crippen LogP contribution in [0.2, 0.25) is 0 Å². The van der Waals surface area contributed by atoms with Crippen molar-refractivity contribution in [3.05, 3.63) is 12.1 Å². The number of methoxy groups -OCH3 is 1. The highest BCUT2D eigenvalue weighted by molar-refractivity contribution is 5.91. The van der Waals surface area contributed by atoms with Crippen molar-refractivity contribution in [1.29, 1.82) is 0 Å². The maximum absolute atomic E-state index is 11.4. The Kier molecular flexibility index (Phi) is 6.07. The van der Waals surface area contributed by atoms with Crippen LogP contribution in [-0.2, 0) is 9.53 Å². The van der Waals surface area contributed by atoms with Crippen LogP contribution in [0.25, 0.3) is 0 Å². The van der Waals surface area contributed by atoms with Gasteiger partial charge in [-0.2, -0.15) is 0 Å². The molecule has 0 aliphatic carbocycles. The number of amides is 1. The Balaban J connectivity index is 2.40. The summed E-state index contributed by atoms with van der Waals surface area (Å²) >= 11 is 0. The van der Waals surface area contributed by atoms with E-state index in [-0.39, 0.29) is 11.8 Å². The van der Waals surface area contributed by atoms with Crippen LogP contribution in [0.15, 0.2) is 12.1 Å². The topological polar surface area (TPSA) is 76.1 Å². The third-order valence-electron chi connectivity index (χ3n) is 2.27. The SMILES string of the molecule is COCCCNc1ccc(NC(=O)C(C)C)nn1. The molecule has 1 aromatic heterocycles. The molecular formula is C12H20N4O2. The van der Waals surface area contributed by atoms with Gasteiger partial charge in [0, 0.05) is 26.2 Å². The Morgan fingerprint density at radius 1 is 1.33 bits per heavy atom. The number of anilines is 2. The summed E-state index contributed by atoms with van der Waals surface area (Å²) in [6.45, 7) is 5.14. The Morgan fingerprint density at radius 3 is 2.56 bits per heavy atom. The molecule has 0 aromatic carbocycles. The molecule has 1 heterocycles. The largest absolute Gasteiger partial charge is 0.385 e. The molecule has 0 saturated heterocycles. The smallest absolute Gasteiger partial charge is 0.228 e. The van der Waals surface area contributed by atoms with Gasteiger partial charge in [0.05, 0.1) is 0 Å². The quantitative estimate of drug-likeness (QED) is 0.719. The molecule has 2 N–H and O–H groups in total. The van der Waals surface area contributed by atoms with Crippen LogP contribution in [0.3, 0.4) is 0 Å². The molecule has 0 aliphatic heterocycles. The van der Waals surface area contributed by atoms with E-state index in [1.54, 1.807) is 19.2 Å². The van der Waals surface area contributed by atoms with Crippen molar-refractivity contribution in [2.75, 3.05) is 30.9 Å². The lowest BCUT2D eigenvalue weighted by Crippen LogP contribution is -2.18. The van der Waals surface area contributed by atoms with E-state index in [2.05, 4.69) is 20.8 Å². The van der Waals surface area contributed by atoms with Crippen LogP contribution in [0, 0.1) is 5.92 Å². The van der Waals surface area contributed by atoms with Crippen molar-refractivity contribution < 1.29 is 9.53 Å². The van der Waals surface area contributed by atoms with E-state index < -0.39 is 0 Å². The second-order valence-corrected chi connectivity index (χ2v) is 4.22. The fourth-order valence-corrected chi connectivity index (χ4v) is 1.20. The molecule has 0 unspecified atom stereocenters. The van der Waals surface area contributed by atoms with E-state index in [0.717, 1.165) is 13.0 Å². The third-order valence-corrected chi connectivity index (χ3v) is 2.27. The summed E-state index contributed by atoms with van der Waals surface area (Å²) in [7, 11) is 1.67. The van der Waals surface area contributed by atoms with Gasteiger partial charge in [-0.05, 0) is 18.6 Å². The number of nitrogens with zero attached hydrogens (tertiary/aromatic N) is 2. The average Bonchev–Trinajstić information content (AvgIpc) is 2.36. The van der Waals surface area contributed by atoms with Gasteiger partial charge in [0.2, 0.25) is 5.91 Å². The van der Waals surface area contributed by atoms with E-state index in [1.165, 1.54) is 0 Å². The van der Waals surface area contributed by atoms with E-state index in [1.807, 2.05) is 13.8 Å². The molecule has 6 heteroatoms. The number of rotatable bonds is 7. The molecule has 0 saturated carbocycles. The number of hydrogen-bond acceptors (Lipinski definition) is 5. The molecule has 0 aliphatic rings. The summed E-state index contributed by atoms with van der Waals surface area (Å²) in [5, 5.41) is 13.7. The van der Waals surface area contributed by atoms with Crippen LogP contribution < -0.4 is 10.6 Å². The van der Waals surface area contributed by atoms with Gasteiger partial charge in [-0.1, -0.05) is 13.8 Å². The minimum Gasteiger partial charge on any atom is -0.385 e. The lowest BCUT2D eigenvalue weighted by molar-refractivity contribution is -0.118. The average molecular weight is 252 g/mol. The van der Waals surface area contributed by atoms with E-state index in [9.17, 15) is 4.79 Å². The molecule has 0 fully saturated rings. The Hall–Kier alpha value is -1.69. The summed E-state index contributed by atoms with van der Waals surface area (Å²) in [6.07, 6.45) is 0.907. The first-order chi connectivity index (χ1) is 8.63. The minimum atomic E-state index is -0.0707. The van der Waals surface area contributed by atoms with E-state index >= 15 is 0 Å². The normalized spacial score (nSPS) is 10.4. The summed E-state index contributed by atoms with van der Waals surface area (Å²) in [6, 6.07) is 3.52. The van der Waals surface area contributed by atoms with Gasteiger partial charge >= 0.3 is 0 Å². The second-order valence-electron chi connectivity index (χ2n) is 4.22. The fourth-order valence-electron chi connectivity index (χ4n) is 1.20. The number of carbonyl (C=O) groups excluding carboxylic acids is 1. The van der Waals surface area contributed by atoms with Gasteiger partial charge in [0.25, 0.3) is 0 Å². The van der Waals surface area contributed by atoms with Crippen LogP contribution in [-0.4, -0.2) is 36.4 Å². The maximum atomic E-state index is 11.4. The Bertz CT molecular complexity index is 365. The molecule has 6 nitrogen and oxygen atoms in total. The van der Waals surface area contributed by atoms with Crippen LogP contribution in [0.5, 0.6) is 0 Å². The highest BCUT2D eigenvalue weighted by atomic mass is 16.5. The molecule has 18 heavy (non-hydrogen) atoms. The molecule has 0 bridgehead atoms. The van der Waals surface area contributed by atoms with Crippen molar-refractivity contribution in [3.63, 3.8) is 0 Å². The van der Waals surface area contributed by atoms with Crippen molar-refractivity contribution in [2.45, 2.75) is 20.3 Å². The van der Waals surface area contributed by atoms with Crippen molar-refractivity contribution in [1.82, 2.24) is 10.2 Å². The van der Waals surface area contributed by atoms with Crippen LogP contribution in [0.4, 0.5) is 11.6 Å². The molecule has 1 aromatic rings. The van der Waals surface area contributed by atoms with Gasteiger partial charge in [-0.3, -0.25) is 4.79 Å². The van der Waals surface area contributed by atoms with Crippen molar-refractivity contribution in [3.8, 4) is 0 Å². The molecule has 0 atom stereocenters. The summed E-state index contributed by atoms with van der Waals surface area (Å²) in [5.41, 5.74) is 0. The van der Waals surface area contributed by atoms with Crippen LogP contribution >= 0.6 is 0 Å². The van der Waals surface area contributed by atoms with Crippen molar-refractivity contribution >= 4 is 17.5 Å². The predicted octanol–water partition coefficient (Wildman–Crippen LogP) is 1.52. The molecule has 1 amide bonds. The summed E-state index contributed by atoms with van der Waals surface area (Å²) in [5.74, 6) is 1.02. The maximum Gasteiger partial charge on any atom is 0.228 e. The Labute approximate surface area is 107 Å². The first-order valence-corrected chi connectivity index (χ1v) is 6.01. The van der Waals surface area contributed by atoms with Gasteiger partial charge in [0.15, 0.2) is 5.82 Å². The molecular weight excluding hydrogens is 232 g/mol. The monoisotopic (exact) mass is 252 g/mol. The van der Waals surface area contributed by atoms with E-state index in [4.69, 9.17) is 4.74 Å². The second kappa shape index (κ2) is 7.60. The molecule has 100 valence electrons. The van der Waals surface area contributed by atoms with Crippen molar-refractivity contribution in [2.24, 2.45) is 5.92 Å². The van der Waals surface area contributed by atoms with Gasteiger partial charge < -0.3 is 15.4 Å². The zero-order valence-electron chi connectivity index (χ0n) is 11.1. The molecule has 0 radical (unpaired) electrons. The molecule has 1 rings (SSSR count). The number of ether oxygens (including phenoxy) is 1. The minimum absolute atomic E-state index is 0.0647.